The first-order valence-electron chi connectivity index (χ1n) is 10.4. The van der Waals surface area contributed by atoms with Gasteiger partial charge in [0.2, 0.25) is 5.76 Å². The van der Waals surface area contributed by atoms with Gasteiger partial charge in [-0.25, -0.2) is 0 Å². The van der Waals surface area contributed by atoms with Gasteiger partial charge >= 0.3 is 0 Å². The van der Waals surface area contributed by atoms with E-state index in [0.717, 1.165) is 43.9 Å². The molecule has 1 amide bonds. The van der Waals surface area contributed by atoms with Gasteiger partial charge in [-0.2, -0.15) is 0 Å². The summed E-state index contributed by atoms with van der Waals surface area (Å²) in [5.74, 6) is 1.57. The van der Waals surface area contributed by atoms with Gasteiger partial charge in [-0.1, -0.05) is 35.5 Å². The molecule has 1 N–H and O–H groups in total. The fourth-order valence-electron chi connectivity index (χ4n) is 4.04. The Morgan fingerprint density at radius 2 is 1.87 bits per heavy atom. The van der Waals surface area contributed by atoms with E-state index in [1.807, 2.05) is 30.3 Å². The molecule has 0 bridgehead atoms. The number of nitrogens with zero attached hydrogens (tertiary/aromatic N) is 2. The quantitative estimate of drug-likeness (QED) is 0.612. The highest BCUT2D eigenvalue weighted by Gasteiger charge is 2.26. The molecule has 1 saturated heterocycles. The molecule has 0 spiro atoms. The number of likely N-dealkylation sites (tertiary alicyclic amines) is 1. The molecule has 0 unspecified atom stereocenters. The number of carbonyl (C=O) groups excluding carboxylic acids is 1. The van der Waals surface area contributed by atoms with Gasteiger partial charge in [0, 0.05) is 30.6 Å². The fraction of sp³-hybridized carbons (Fsp3) is 0.333. The number of rotatable bonds is 7. The van der Waals surface area contributed by atoms with Crippen LogP contribution in [0.25, 0.3) is 0 Å². The van der Waals surface area contributed by atoms with Crippen LogP contribution in [0.3, 0.4) is 0 Å². The summed E-state index contributed by atoms with van der Waals surface area (Å²) in [5.41, 5.74) is 2.58. The van der Waals surface area contributed by atoms with Crippen LogP contribution in [-0.4, -0.2) is 43.3 Å². The first-order chi connectivity index (χ1) is 15.2. The third kappa shape index (κ3) is 4.88. The van der Waals surface area contributed by atoms with Crippen molar-refractivity contribution in [1.29, 1.82) is 0 Å². The number of carbonyl (C=O) groups is 1. The minimum atomic E-state index is -0.343. The molecule has 1 atom stereocenters. The van der Waals surface area contributed by atoms with Gasteiger partial charge in [-0.05, 0) is 37.6 Å². The molecule has 162 valence electrons. The third-order valence-corrected chi connectivity index (χ3v) is 5.62. The van der Waals surface area contributed by atoms with Crippen molar-refractivity contribution in [3.63, 3.8) is 0 Å². The molecule has 0 aliphatic carbocycles. The Morgan fingerprint density at radius 1 is 1.13 bits per heavy atom. The molecule has 0 radical (unpaired) electrons. The number of hydrogen-bond donors (Lipinski definition) is 1. The first-order valence-corrected chi connectivity index (χ1v) is 10.4. The number of aromatic nitrogens is 1. The lowest BCUT2D eigenvalue weighted by Crippen LogP contribution is -2.34. The summed E-state index contributed by atoms with van der Waals surface area (Å²) in [6.07, 6.45) is 2.08. The van der Waals surface area contributed by atoms with E-state index in [2.05, 4.69) is 21.4 Å². The summed E-state index contributed by atoms with van der Waals surface area (Å²) >= 11 is 0. The van der Waals surface area contributed by atoms with E-state index in [0.29, 0.717) is 11.4 Å². The van der Waals surface area contributed by atoms with Gasteiger partial charge in [0.15, 0.2) is 0 Å². The maximum Gasteiger partial charge on any atom is 0.294 e. The topological polar surface area (TPSA) is 76.8 Å². The van der Waals surface area contributed by atoms with E-state index < -0.39 is 0 Å². The number of amides is 1. The van der Waals surface area contributed by atoms with Crippen molar-refractivity contribution in [2.45, 2.75) is 25.3 Å². The number of benzene rings is 2. The number of methoxy groups -OCH3 is 2. The molecule has 1 aliphatic rings. The maximum absolute atomic E-state index is 12.6. The first kappa shape index (κ1) is 20.9. The van der Waals surface area contributed by atoms with Gasteiger partial charge in [0.05, 0.1) is 25.6 Å². The number of para-hydroxylation sites is 3. The van der Waals surface area contributed by atoms with Crippen molar-refractivity contribution in [3.8, 4) is 11.5 Å². The van der Waals surface area contributed by atoms with Crippen molar-refractivity contribution < 1.29 is 18.8 Å². The highest BCUT2D eigenvalue weighted by Crippen LogP contribution is 2.30. The summed E-state index contributed by atoms with van der Waals surface area (Å²) in [4.78, 5) is 15.0. The average molecular weight is 421 g/mol. The Balaban J connectivity index is 1.41. The van der Waals surface area contributed by atoms with Gasteiger partial charge < -0.3 is 19.3 Å². The largest absolute Gasteiger partial charge is 0.496 e. The number of piperidine rings is 1. The Hall–Kier alpha value is -3.32. The molecule has 31 heavy (non-hydrogen) atoms. The van der Waals surface area contributed by atoms with Crippen molar-refractivity contribution in [3.05, 3.63) is 71.6 Å². The smallest absolute Gasteiger partial charge is 0.294 e. The summed E-state index contributed by atoms with van der Waals surface area (Å²) < 4.78 is 16.1. The third-order valence-electron chi connectivity index (χ3n) is 5.62. The predicted octanol–water partition coefficient (Wildman–Crippen LogP) is 4.32. The fourth-order valence-corrected chi connectivity index (χ4v) is 4.04. The normalized spacial score (nSPS) is 16.6. The van der Waals surface area contributed by atoms with E-state index in [1.54, 1.807) is 32.4 Å². The molecule has 1 aliphatic heterocycles. The summed E-state index contributed by atoms with van der Waals surface area (Å²) in [5, 5.41) is 7.03. The van der Waals surface area contributed by atoms with Crippen LogP contribution < -0.4 is 14.8 Å². The van der Waals surface area contributed by atoms with E-state index in [-0.39, 0.29) is 17.6 Å². The molecular weight excluding hydrogens is 394 g/mol. The summed E-state index contributed by atoms with van der Waals surface area (Å²) in [7, 11) is 3.27. The SMILES string of the molecule is COc1ccccc1CN1CCC[C@H](c2cc(C(=O)Nc3ccccc3OC)on2)C1. The summed E-state index contributed by atoms with van der Waals surface area (Å²) in [6.45, 7) is 2.70. The molecule has 7 heteroatoms. The molecule has 1 fully saturated rings. The van der Waals surface area contributed by atoms with Crippen LogP contribution >= 0.6 is 0 Å². The highest BCUT2D eigenvalue weighted by atomic mass is 16.5. The lowest BCUT2D eigenvalue weighted by Gasteiger charge is -2.32. The zero-order valence-corrected chi connectivity index (χ0v) is 17.8. The van der Waals surface area contributed by atoms with Gasteiger partial charge in [-0.15, -0.1) is 0 Å². The lowest BCUT2D eigenvalue weighted by molar-refractivity contribution is 0.0987. The van der Waals surface area contributed by atoms with E-state index in [4.69, 9.17) is 14.0 Å². The second kappa shape index (κ2) is 9.66. The molecular formula is C24H27N3O4. The molecule has 2 heterocycles. The average Bonchev–Trinajstić information content (AvgIpc) is 3.31. The second-order valence-electron chi connectivity index (χ2n) is 7.66. The van der Waals surface area contributed by atoms with Crippen LogP contribution in [0.2, 0.25) is 0 Å². The molecule has 2 aromatic carbocycles. The van der Waals surface area contributed by atoms with E-state index >= 15 is 0 Å². The Kier molecular flexibility index (Phi) is 6.52. The number of hydrogen-bond acceptors (Lipinski definition) is 6. The van der Waals surface area contributed by atoms with Crippen molar-refractivity contribution >= 4 is 11.6 Å². The van der Waals surface area contributed by atoms with Gasteiger partial charge in [0.1, 0.15) is 11.5 Å². The highest BCUT2D eigenvalue weighted by molar-refractivity contribution is 6.03. The molecule has 3 aromatic rings. The Morgan fingerprint density at radius 3 is 2.68 bits per heavy atom. The van der Waals surface area contributed by atoms with E-state index in [9.17, 15) is 4.79 Å². The molecule has 7 nitrogen and oxygen atoms in total. The second-order valence-corrected chi connectivity index (χ2v) is 7.66. The van der Waals surface area contributed by atoms with Crippen molar-refractivity contribution in [2.24, 2.45) is 0 Å². The molecule has 1 aromatic heterocycles. The zero-order valence-electron chi connectivity index (χ0n) is 17.8. The Bertz CT molecular complexity index is 1030. The van der Waals surface area contributed by atoms with Crippen molar-refractivity contribution in [2.75, 3.05) is 32.6 Å². The minimum Gasteiger partial charge on any atom is -0.496 e. The lowest BCUT2D eigenvalue weighted by atomic mass is 9.94. The van der Waals surface area contributed by atoms with Gasteiger partial charge in [0.25, 0.3) is 5.91 Å². The van der Waals surface area contributed by atoms with Crippen LogP contribution in [0, 0.1) is 0 Å². The van der Waals surface area contributed by atoms with Crippen LogP contribution in [0.15, 0.2) is 59.1 Å². The van der Waals surface area contributed by atoms with Crippen LogP contribution in [0.5, 0.6) is 11.5 Å². The van der Waals surface area contributed by atoms with Crippen molar-refractivity contribution in [1.82, 2.24) is 10.1 Å². The Labute approximate surface area is 181 Å². The number of ether oxygens (including phenoxy) is 2. The zero-order chi connectivity index (χ0) is 21.6. The van der Waals surface area contributed by atoms with Crippen LogP contribution in [0.1, 0.15) is 40.6 Å². The monoisotopic (exact) mass is 421 g/mol. The molecule has 0 saturated carbocycles. The minimum absolute atomic E-state index is 0.197. The summed E-state index contributed by atoms with van der Waals surface area (Å²) in [6, 6.07) is 17.1. The predicted molar refractivity (Wildman–Crippen MR) is 118 cm³/mol. The van der Waals surface area contributed by atoms with E-state index in [1.165, 1.54) is 5.56 Å². The number of nitrogens with one attached hydrogen (secondary N) is 1. The molecule has 4 rings (SSSR count). The number of anilines is 1. The van der Waals surface area contributed by atoms with Crippen LogP contribution in [-0.2, 0) is 6.54 Å². The standard InChI is InChI=1S/C24H27N3O4/c1-29-21-11-5-3-8-18(21)16-27-13-7-9-17(15-27)20-14-23(31-26-20)24(28)25-19-10-4-6-12-22(19)30-2/h3-6,8,10-12,14,17H,7,9,13,15-16H2,1-2H3,(H,25,28)/t17-/m0/s1. The van der Waals surface area contributed by atoms with Gasteiger partial charge in [-0.3, -0.25) is 9.69 Å². The van der Waals surface area contributed by atoms with Crippen LogP contribution in [0.4, 0.5) is 5.69 Å². The maximum atomic E-state index is 12.6.